The summed E-state index contributed by atoms with van der Waals surface area (Å²) >= 11 is 0. The summed E-state index contributed by atoms with van der Waals surface area (Å²) < 4.78 is 10.2. The SMILES string of the molecule is CC(=O)OCC1(COC(C)=O)CC2(CC(CO)(CO)C2)C1. The van der Waals surface area contributed by atoms with Gasteiger partial charge in [-0.25, -0.2) is 0 Å². The monoisotopic (exact) mass is 300 g/mol. The highest BCUT2D eigenvalue weighted by atomic mass is 16.5. The molecule has 0 aromatic rings. The Morgan fingerprint density at radius 1 is 0.857 bits per heavy atom. The van der Waals surface area contributed by atoms with E-state index >= 15 is 0 Å². The standard InChI is InChI=1S/C15H24O6/c1-11(18)20-9-15(10-21-12(2)19)5-13(6-15)3-14(4-13,7-16)8-17/h16-17H,3-10H2,1-2H3. The molecule has 0 bridgehead atoms. The van der Waals surface area contributed by atoms with Gasteiger partial charge in [0.05, 0.1) is 13.2 Å². The van der Waals surface area contributed by atoms with Gasteiger partial charge in [-0.05, 0) is 31.1 Å². The molecule has 0 saturated heterocycles. The minimum atomic E-state index is -0.366. The summed E-state index contributed by atoms with van der Waals surface area (Å²) in [6.45, 7) is 3.21. The van der Waals surface area contributed by atoms with Crippen molar-refractivity contribution in [2.24, 2.45) is 16.2 Å². The predicted molar refractivity (Wildman–Crippen MR) is 73.2 cm³/mol. The number of esters is 2. The van der Waals surface area contributed by atoms with Crippen LogP contribution in [0.5, 0.6) is 0 Å². The van der Waals surface area contributed by atoms with Gasteiger partial charge in [-0.2, -0.15) is 0 Å². The molecule has 2 rings (SSSR count). The lowest BCUT2D eigenvalue weighted by atomic mass is 9.39. The molecule has 2 fully saturated rings. The zero-order valence-electron chi connectivity index (χ0n) is 12.7. The van der Waals surface area contributed by atoms with Crippen molar-refractivity contribution < 1.29 is 29.3 Å². The Bertz CT molecular complexity index is 390. The van der Waals surface area contributed by atoms with Crippen LogP contribution in [0.15, 0.2) is 0 Å². The van der Waals surface area contributed by atoms with Crippen LogP contribution in [0.3, 0.4) is 0 Å². The highest BCUT2D eigenvalue weighted by molar-refractivity contribution is 5.66. The van der Waals surface area contributed by atoms with Gasteiger partial charge >= 0.3 is 11.9 Å². The second-order valence-electron chi connectivity index (χ2n) is 7.08. The lowest BCUT2D eigenvalue weighted by molar-refractivity contribution is -0.223. The molecular weight excluding hydrogens is 276 g/mol. The third-order valence-corrected chi connectivity index (χ3v) is 4.83. The highest BCUT2D eigenvalue weighted by Crippen LogP contribution is 2.70. The Hall–Kier alpha value is -1.14. The number of ether oxygens (including phenoxy) is 2. The van der Waals surface area contributed by atoms with E-state index in [1.54, 1.807) is 0 Å². The number of carbonyl (C=O) groups is 2. The van der Waals surface area contributed by atoms with Crippen molar-refractivity contribution in [2.75, 3.05) is 26.4 Å². The van der Waals surface area contributed by atoms with Crippen LogP contribution in [0, 0.1) is 16.2 Å². The highest BCUT2D eigenvalue weighted by Gasteiger charge is 2.65. The molecule has 1 spiro atoms. The van der Waals surface area contributed by atoms with E-state index in [0.29, 0.717) is 0 Å². The van der Waals surface area contributed by atoms with Crippen LogP contribution in [0.25, 0.3) is 0 Å². The number of hydrogen-bond donors (Lipinski definition) is 2. The molecule has 0 aromatic carbocycles. The summed E-state index contributed by atoms with van der Waals surface area (Å²) in [4.78, 5) is 22.0. The Kier molecular flexibility index (Phi) is 4.31. The second kappa shape index (κ2) is 5.57. The summed E-state index contributed by atoms with van der Waals surface area (Å²) in [5.74, 6) is -0.682. The zero-order valence-corrected chi connectivity index (χ0v) is 12.7. The first-order chi connectivity index (χ1) is 9.78. The third kappa shape index (κ3) is 3.21. The molecule has 120 valence electrons. The molecule has 2 N–H and O–H groups in total. The smallest absolute Gasteiger partial charge is 0.302 e. The van der Waals surface area contributed by atoms with Crippen LogP contribution in [0.2, 0.25) is 0 Å². The first kappa shape index (κ1) is 16.2. The van der Waals surface area contributed by atoms with Crippen molar-refractivity contribution >= 4 is 11.9 Å². The number of carbonyl (C=O) groups excluding carboxylic acids is 2. The van der Waals surface area contributed by atoms with Crippen LogP contribution < -0.4 is 0 Å². The van der Waals surface area contributed by atoms with Gasteiger partial charge in [0.25, 0.3) is 0 Å². The first-order valence-electron chi connectivity index (χ1n) is 7.27. The molecular formula is C15H24O6. The van der Waals surface area contributed by atoms with Crippen LogP contribution in [0.1, 0.15) is 39.5 Å². The molecule has 0 aliphatic heterocycles. The normalized spacial score (nSPS) is 23.8. The summed E-state index contributed by atoms with van der Waals surface area (Å²) in [7, 11) is 0. The maximum atomic E-state index is 11.0. The van der Waals surface area contributed by atoms with Crippen LogP contribution in [0.4, 0.5) is 0 Å². The largest absolute Gasteiger partial charge is 0.465 e. The molecule has 0 atom stereocenters. The fourth-order valence-electron chi connectivity index (χ4n) is 4.36. The van der Waals surface area contributed by atoms with E-state index in [1.165, 1.54) is 13.8 Å². The number of aliphatic hydroxyl groups excluding tert-OH is 2. The van der Waals surface area contributed by atoms with Crippen LogP contribution >= 0.6 is 0 Å². The van der Waals surface area contributed by atoms with Gasteiger partial charge in [0.15, 0.2) is 0 Å². The van der Waals surface area contributed by atoms with Gasteiger partial charge in [-0.3, -0.25) is 9.59 Å². The Labute approximate surface area is 124 Å². The van der Waals surface area contributed by atoms with Gasteiger partial charge in [0.2, 0.25) is 0 Å². The lowest BCUT2D eigenvalue weighted by Crippen LogP contribution is -2.62. The van der Waals surface area contributed by atoms with Gasteiger partial charge in [0.1, 0.15) is 13.2 Å². The summed E-state index contributed by atoms with van der Waals surface area (Å²) in [5.41, 5.74) is -0.588. The molecule has 0 heterocycles. The van der Waals surface area contributed by atoms with Crippen molar-refractivity contribution in [1.82, 2.24) is 0 Å². The average molecular weight is 300 g/mol. The topological polar surface area (TPSA) is 93.1 Å². The minimum Gasteiger partial charge on any atom is -0.465 e. The third-order valence-electron chi connectivity index (χ3n) is 4.83. The number of rotatable bonds is 6. The first-order valence-corrected chi connectivity index (χ1v) is 7.27. The summed E-state index contributed by atoms with van der Waals surface area (Å²) in [6, 6.07) is 0. The van der Waals surface area contributed by atoms with E-state index in [4.69, 9.17) is 9.47 Å². The molecule has 2 aliphatic carbocycles. The molecule has 2 aliphatic rings. The molecule has 21 heavy (non-hydrogen) atoms. The van der Waals surface area contributed by atoms with Crippen molar-refractivity contribution in [1.29, 1.82) is 0 Å². The second-order valence-corrected chi connectivity index (χ2v) is 7.08. The summed E-state index contributed by atoms with van der Waals surface area (Å²) in [5, 5.41) is 18.7. The maximum absolute atomic E-state index is 11.0. The van der Waals surface area contributed by atoms with Crippen molar-refractivity contribution in [3.05, 3.63) is 0 Å². The molecule has 0 radical (unpaired) electrons. The van der Waals surface area contributed by atoms with Gasteiger partial charge in [0, 0.05) is 24.7 Å². The molecule has 6 heteroatoms. The Morgan fingerprint density at radius 2 is 1.24 bits per heavy atom. The fourth-order valence-corrected chi connectivity index (χ4v) is 4.36. The van der Waals surface area contributed by atoms with Gasteiger partial charge in [-0.15, -0.1) is 0 Å². The number of aliphatic hydroxyl groups is 2. The van der Waals surface area contributed by atoms with Crippen molar-refractivity contribution in [3.8, 4) is 0 Å². The molecule has 0 aromatic heterocycles. The van der Waals surface area contributed by atoms with Gasteiger partial charge in [-0.1, -0.05) is 0 Å². The van der Waals surface area contributed by atoms with Crippen molar-refractivity contribution in [2.45, 2.75) is 39.5 Å². The quantitative estimate of drug-likeness (QED) is 0.699. The fraction of sp³-hybridized carbons (Fsp3) is 0.867. The number of hydrogen-bond acceptors (Lipinski definition) is 6. The predicted octanol–water partition coefficient (Wildman–Crippen LogP) is 0.644. The summed E-state index contributed by atoms with van der Waals surface area (Å²) in [6.07, 6.45) is 3.13. The zero-order chi connectivity index (χ0) is 15.7. The van der Waals surface area contributed by atoms with Gasteiger partial charge < -0.3 is 19.7 Å². The maximum Gasteiger partial charge on any atom is 0.302 e. The van der Waals surface area contributed by atoms with Crippen LogP contribution in [-0.4, -0.2) is 48.6 Å². The van der Waals surface area contributed by atoms with E-state index in [0.717, 1.165) is 25.7 Å². The molecule has 0 amide bonds. The van der Waals surface area contributed by atoms with Crippen LogP contribution in [-0.2, 0) is 19.1 Å². The molecule has 6 nitrogen and oxygen atoms in total. The van der Waals surface area contributed by atoms with Crippen molar-refractivity contribution in [3.63, 3.8) is 0 Å². The average Bonchev–Trinajstić information content (AvgIpc) is 2.34. The van der Waals surface area contributed by atoms with E-state index in [2.05, 4.69) is 0 Å². The van der Waals surface area contributed by atoms with E-state index in [1.807, 2.05) is 0 Å². The minimum absolute atomic E-state index is 0.00780. The molecule has 2 saturated carbocycles. The molecule has 0 unspecified atom stereocenters. The van der Waals surface area contributed by atoms with E-state index in [9.17, 15) is 19.8 Å². The Morgan fingerprint density at radius 3 is 1.57 bits per heavy atom. The van der Waals surface area contributed by atoms with E-state index in [-0.39, 0.29) is 54.6 Å². The Balaban J connectivity index is 1.93. The lowest BCUT2D eigenvalue weighted by Gasteiger charge is -2.66. The van der Waals surface area contributed by atoms with E-state index < -0.39 is 0 Å².